The van der Waals surface area contributed by atoms with E-state index in [-0.39, 0.29) is 5.41 Å². The number of hydrogen-bond donors (Lipinski definition) is 1. The Kier molecular flexibility index (Phi) is 2.74. The fourth-order valence-electron chi connectivity index (χ4n) is 5.81. The van der Waals surface area contributed by atoms with E-state index in [1.54, 1.807) is 7.11 Å². The van der Waals surface area contributed by atoms with E-state index < -0.39 is 11.6 Å². The molecule has 0 spiro atoms. The molecule has 0 aromatic heterocycles. The maximum absolute atomic E-state index is 11.9. The normalized spacial score (nSPS) is 44.9. The van der Waals surface area contributed by atoms with Gasteiger partial charge >= 0.3 is 5.97 Å². The maximum atomic E-state index is 11.9. The van der Waals surface area contributed by atoms with Crippen LogP contribution in [-0.4, -0.2) is 23.8 Å². The van der Waals surface area contributed by atoms with Crippen molar-refractivity contribution in [2.75, 3.05) is 7.11 Å². The van der Waals surface area contributed by atoms with Gasteiger partial charge in [0.15, 0.2) is 5.60 Å². The zero-order valence-corrected chi connectivity index (χ0v) is 11.4. The van der Waals surface area contributed by atoms with Crippen LogP contribution in [0.15, 0.2) is 0 Å². The van der Waals surface area contributed by atoms with Gasteiger partial charge in [-0.05, 0) is 62.7 Å². The number of carbonyl (C=O) groups is 1. The van der Waals surface area contributed by atoms with Crippen LogP contribution < -0.4 is 0 Å². The molecule has 0 heterocycles. The zero-order valence-electron chi connectivity index (χ0n) is 11.4. The summed E-state index contributed by atoms with van der Waals surface area (Å²) in [6, 6.07) is 0. The Bertz CT molecular complexity index is 321. The molecule has 0 radical (unpaired) electrons. The van der Waals surface area contributed by atoms with E-state index in [1.165, 1.54) is 19.3 Å². The van der Waals surface area contributed by atoms with Crippen molar-refractivity contribution in [3.8, 4) is 0 Å². The molecule has 4 saturated carbocycles. The minimum Gasteiger partial charge on any atom is -0.479 e. The van der Waals surface area contributed by atoms with Gasteiger partial charge in [0, 0.05) is 12.5 Å². The molecule has 0 amide bonds. The molecular weight excluding hydrogens is 228 g/mol. The predicted octanol–water partition coefficient (Wildman–Crippen LogP) is 3.08. The summed E-state index contributed by atoms with van der Waals surface area (Å²) >= 11 is 0. The van der Waals surface area contributed by atoms with E-state index in [0.29, 0.717) is 6.42 Å². The SMILES string of the molecule is CCC(OC)(C(=O)O)C12CC3CC(CC(C3)C1)C2. The summed E-state index contributed by atoms with van der Waals surface area (Å²) in [6.07, 6.45) is 7.82. The average Bonchev–Trinajstić information content (AvgIpc) is 2.28. The molecule has 4 fully saturated rings. The van der Waals surface area contributed by atoms with E-state index in [4.69, 9.17) is 4.74 Å². The van der Waals surface area contributed by atoms with Crippen molar-refractivity contribution >= 4 is 5.97 Å². The van der Waals surface area contributed by atoms with Crippen molar-refractivity contribution in [2.24, 2.45) is 23.2 Å². The van der Waals surface area contributed by atoms with Crippen LogP contribution in [0, 0.1) is 23.2 Å². The van der Waals surface area contributed by atoms with E-state index in [0.717, 1.165) is 37.0 Å². The maximum Gasteiger partial charge on any atom is 0.336 e. The highest BCUT2D eigenvalue weighted by atomic mass is 16.5. The molecule has 0 saturated heterocycles. The molecule has 3 heteroatoms. The lowest BCUT2D eigenvalue weighted by Gasteiger charge is -2.61. The summed E-state index contributed by atoms with van der Waals surface area (Å²) in [7, 11) is 1.59. The lowest BCUT2D eigenvalue weighted by Crippen LogP contribution is -2.62. The summed E-state index contributed by atoms with van der Waals surface area (Å²) < 4.78 is 5.63. The van der Waals surface area contributed by atoms with Gasteiger partial charge in [-0.3, -0.25) is 0 Å². The van der Waals surface area contributed by atoms with Gasteiger partial charge in [-0.1, -0.05) is 6.92 Å². The lowest BCUT2D eigenvalue weighted by molar-refractivity contribution is -0.213. The first-order chi connectivity index (χ1) is 8.55. The van der Waals surface area contributed by atoms with Crippen LogP contribution in [0.25, 0.3) is 0 Å². The Morgan fingerprint density at radius 1 is 1.22 bits per heavy atom. The van der Waals surface area contributed by atoms with Crippen LogP contribution in [0.5, 0.6) is 0 Å². The van der Waals surface area contributed by atoms with Gasteiger partial charge in [0.25, 0.3) is 0 Å². The molecule has 4 aliphatic carbocycles. The first-order valence-electron chi connectivity index (χ1n) is 7.34. The Balaban J connectivity index is 2.01. The highest BCUT2D eigenvalue weighted by Crippen LogP contribution is 2.64. The number of hydrogen-bond acceptors (Lipinski definition) is 2. The predicted molar refractivity (Wildman–Crippen MR) is 68.3 cm³/mol. The van der Waals surface area contributed by atoms with Crippen LogP contribution in [0.2, 0.25) is 0 Å². The zero-order chi connectivity index (χ0) is 13.0. The van der Waals surface area contributed by atoms with Crippen molar-refractivity contribution in [2.45, 2.75) is 57.5 Å². The standard InChI is InChI=1S/C15H24O3/c1-3-15(18-2,13(16)17)14-7-10-4-11(8-14)6-12(5-10)9-14/h10-12H,3-9H2,1-2H3,(H,16,17). The van der Waals surface area contributed by atoms with Crippen LogP contribution in [0.1, 0.15) is 51.9 Å². The summed E-state index contributed by atoms with van der Waals surface area (Å²) in [6.45, 7) is 1.97. The summed E-state index contributed by atoms with van der Waals surface area (Å²) in [5.41, 5.74) is -1.03. The van der Waals surface area contributed by atoms with Gasteiger partial charge in [0.1, 0.15) is 0 Å². The Morgan fingerprint density at radius 2 is 1.67 bits per heavy atom. The van der Waals surface area contributed by atoms with E-state index in [1.807, 2.05) is 6.92 Å². The second kappa shape index (κ2) is 3.96. The molecular formula is C15H24O3. The monoisotopic (exact) mass is 252 g/mol. The van der Waals surface area contributed by atoms with Gasteiger partial charge in [-0.15, -0.1) is 0 Å². The summed E-state index contributed by atoms with van der Waals surface area (Å²) in [4.78, 5) is 11.9. The highest BCUT2D eigenvalue weighted by molar-refractivity contribution is 5.79. The molecule has 4 aliphatic rings. The number of ether oxygens (including phenoxy) is 1. The average molecular weight is 252 g/mol. The number of aliphatic carboxylic acids is 1. The smallest absolute Gasteiger partial charge is 0.336 e. The van der Waals surface area contributed by atoms with Crippen molar-refractivity contribution in [3.05, 3.63) is 0 Å². The molecule has 18 heavy (non-hydrogen) atoms. The molecule has 0 aliphatic heterocycles. The summed E-state index contributed by atoms with van der Waals surface area (Å²) in [5, 5.41) is 9.76. The molecule has 0 aromatic carbocycles. The van der Waals surface area contributed by atoms with Gasteiger partial charge in [-0.2, -0.15) is 0 Å². The second-order valence-electron chi connectivity index (χ2n) is 6.89. The van der Waals surface area contributed by atoms with Gasteiger partial charge in [0.2, 0.25) is 0 Å². The highest BCUT2D eigenvalue weighted by Gasteiger charge is 2.63. The van der Waals surface area contributed by atoms with Gasteiger partial charge in [-0.25, -0.2) is 4.79 Å². The molecule has 1 unspecified atom stereocenters. The minimum atomic E-state index is -0.941. The van der Waals surface area contributed by atoms with E-state index in [9.17, 15) is 9.90 Å². The molecule has 0 aromatic rings. The lowest BCUT2D eigenvalue weighted by atomic mass is 9.45. The molecule has 3 nitrogen and oxygen atoms in total. The third-order valence-electron chi connectivity index (χ3n) is 6.09. The van der Waals surface area contributed by atoms with Crippen LogP contribution in [0.4, 0.5) is 0 Å². The molecule has 102 valence electrons. The van der Waals surface area contributed by atoms with Crippen LogP contribution in [-0.2, 0) is 9.53 Å². The van der Waals surface area contributed by atoms with Crippen molar-refractivity contribution in [1.82, 2.24) is 0 Å². The fourth-order valence-corrected chi connectivity index (χ4v) is 5.81. The molecule has 4 bridgehead atoms. The number of carboxylic acids is 1. The number of methoxy groups -OCH3 is 1. The van der Waals surface area contributed by atoms with Crippen molar-refractivity contribution in [3.63, 3.8) is 0 Å². The third kappa shape index (κ3) is 1.43. The second-order valence-corrected chi connectivity index (χ2v) is 6.89. The number of rotatable bonds is 4. The fraction of sp³-hybridized carbons (Fsp3) is 0.933. The Labute approximate surface area is 109 Å². The van der Waals surface area contributed by atoms with Gasteiger partial charge < -0.3 is 9.84 Å². The molecule has 1 N–H and O–H groups in total. The van der Waals surface area contributed by atoms with Crippen molar-refractivity contribution < 1.29 is 14.6 Å². The Hall–Kier alpha value is -0.570. The largest absolute Gasteiger partial charge is 0.479 e. The van der Waals surface area contributed by atoms with Crippen LogP contribution >= 0.6 is 0 Å². The number of carboxylic acid groups (broad SMARTS) is 1. The van der Waals surface area contributed by atoms with Crippen molar-refractivity contribution in [1.29, 1.82) is 0 Å². The first kappa shape index (κ1) is 12.5. The topological polar surface area (TPSA) is 46.5 Å². The Morgan fingerprint density at radius 3 is 1.94 bits per heavy atom. The van der Waals surface area contributed by atoms with E-state index in [2.05, 4.69) is 0 Å². The first-order valence-corrected chi connectivity index (χ1v) is 7.34. The quantitative estimate of drug-likeness (QED) is 0.836. The minimum absolute atomic E-state index is 0.0862. The van der Waals surface area contributed by atoms with Crippen LogP contribution in [0.3, 0.4) is 0 Å². The summed E-state index contributed by atoms with van der Waals surface area (Å²) in [5.74, 6) is 1.54. The molecule has 4 rings (SSSR count). The third-order valence-corrected chi connectivity index (χ3v) is 6.09. The molecule has 1 atom stereocenters. The van der Waals surface area contributed by atoms with E-state index >= 15 is 0 Å². The van der Waals surface area contributed by atoms with Gasteiger partial charge in [0.05, 0.1) is 0 Å².